The minimum Gasteiger partial charge on any atom is -0.296 e. The van der Waals surface area contributed by atoms with Crippen molar-refractivity contribution < 1.29 is 4.79 Å². The minimum absolute atomic E-state index is 0.204. The molecule has 0 aliphatic rings. The number of nitriles is 1. The van der Waals surface area contributed by atoms with E-state index in [0.717, 1.165) is 4.90 Å². The molecule has 0 radical (unpaired) electrons. The van der Waals surface area contributed by atoms with Crippen molar-refractivity contribution in [1.82, 2.24) is 4.98 Å². The largest absolute Gasteiger partial charge is 0.296 e. The number of hydrogen-bond donors (Lipinski definition) is 0. The molecule has 0 unspecified atom stereocenters. The molecule has 60 valence electrons. The summed E-state index contributed by atoms with van der Waals surface area (Å²) >= 11 is 1.49. The van der Waals surface area contributed by atoms with Crippen LogP contribution in [0.25, 0.3) is 0 Å². The summed E-state index contributed by atoms with van der Waals surface area (Å²) in [5.41, 5.74) is 0.534. The van der Waals surface area contributed by atoms with Crippen molar-refractivity contribution in [3.05, 3.63) is 23.5 Å². The van der Waals surface area contributed by atoms with E-state index in [9.17, 15) is 4.79 Å². The van der Waals surface area contributed by atoms with Crippen LogP contribution in [-0.2, 0) is 0 Å². The van der Waals surface area contributed by atoms with Crippen LogP contribution in [0.1, 0.15) is 16.1 Å². The molecule has 3 nitrogen and oxygen atoms in total. The van der Waals surface area contributed by atoms with Crippen LogP contribution < -0.4 is 0 Å². The smallest absolute Gasteiger partial charge is 0.169 e. The number of nitrogens with zero attached hydrogens (tertiary/aromatic N) is 2. The molecule has 0 amide bonds. The Morgan fingerprint density at radius 3 is 3.00 bits per heavy atom. The van der Waals surface area contributed by atoms with E-state index in [4.69, 9.17) is 5.26 Å². The number of pyridine rings is 1. The van der Waals surface area contributed by atoms with Gasteiger partial charge in [-0.25, -0.2) is 0 Å². The third-order valence-corrected chi connectivity index (χ3v) is 2.06. The first kappa shape index (κ1) is 8.75. The number of carbonyl (C=O) groups excluding carboxylic acids is 1. The molecule has 0 saturated heterocycles. The standard InChI is InChI=1S/C8H6N2OS/c1-12-7-2-6(3-9)8(5-11)10-4-7/h2,4-5H,1H3. The fourth-order valence-corrected chi connectivity index (χ4v) is 1.15. The van der Waals surface area contributed by atoms with Gasteiger partial charge in [0.15, 0.2) is 6.29 Å². The van der Waals surface area contributed by atoms with Crippen LogP contribution in [0.3, 0.4) is 0 Å². The SMILES string of the molecule is CSc1cnc(C=O)c(C#N)c1. The van der Waals surface area contributed by atoms with Crippen LogP contribution in [0.2, 0.25) is 0 Å². The second kappa shape index (κ2) is 3.88. The Hall–Kier alpha value is -1.34. The van der Waals surface area contributed by atoms with Gasteiger partial charge in [0.1, 0.15) is 11.8 Å². The van der Waals surface area contributed by atoms with E-state index >= 15 is 0 Å². The fraction of sp³-hybridized carbons (Fsp3) is 0.125. The maximum Gasteiger partial charge on any atom is 0.169 e. The van der Waals surface area contributed by atoms with Crippen molar-refractivity contribution in [2.75, 3.05) is 6.26 Å². The van der Waals surface area contributed by atoms with Crippen LogP contribution in [0.5, 0.6) is 0 Å². The van der Waals surface area contributed by atoms with E-state index in [1.807, 2.05) is 12.3 Å². The van der Waals surface area contributed by atoms with Gasteiger partial charge < -0.3 is 0 Å². The zero-order chi connectivity index (χ0) is 8.97. The predicted octanol–water partition coefficient (Wildman–Crippen LogP) is 1.49. The maximum atomic E-state index is 10.4. The van der Waals surface area contributed by atoms with Crippen molar-refractivity contribution in [3.63, 3.8) is 0 Å². The summed E-state index contributed by atoms with van der Waals surface area (Å²) in [5, 5.41) is 8.61. The molecule has 1 rings (SSSR count). The van der Waals surface area contributed by atoms with Crippen molar-refractivity contribution >= 4 is 18.0 Å². The molecule has 12 heavy (non-hydrogen) atoms. The summed E-state index contributed by atoms with van der Waals surface area (Å²) in [6.45, 7) is 0. The molecule has 0 atom stereocenters. The summed E-state index contributed by atoms with van der Waals surface area (Å²) in [6, 6.07) is 3.57. The van der Waals surface area contributed by atoms with Crippen LogP contribution in [-0.4, -0.2) is 17.5 Å². The molecule has 4 heteroatoms. The van der Waals surface area contributed by atoms with E-state index in [1.54, 1.807) is 12.3 Å². The lowest BCUT2D eigenvalue weighted by molar-refractivity contribution is 0.111. The first-order chi connectivity index (χ1) is 5.81. The lowest BCUT2D eigenvalue weighted by Gasteiger charge is -1.97. The number of rotatable bonds is 2. The molecule has 1 aromatic heterocycles. The van der Waals surface area contributed by atoms with E-state index in [-0.39, 0.29) is 5.69 Å². The molecule has 1 heterocycles. The molecule has 0 spiro atoms. The number of carbonyl (C=O) groups is 1. The van der Waals surface area contributed by atoms with E-state index in [0.29, 0.717) is 11.8 Å². The molecule has 0 N–H and O–H groups in total. The van der Waals surface area contributed by atoms with Gasteiger partial charge in [-0.2, -0.15) is 5.26 Å². The molecule has 0 bridgehead atoms. The van der Waals surface area contributed by atoms with Crippen LogP contribution >= 0.6 is 11.8 Å². The van der Waals surface area contributed by atoms with Crippen molar-refractivity contribution in [3.8, 4) is 6.07 Å². The summed E-state index contributed by atoms with van der Waals surface area (Å²) in [7, 11) is 0. The van der Waals surface area contributed by atoms with E-state index < -0.39 is 0 Å². The molecule has 0 aliphatic carbocycles. The van der Waals surface area contributed by atoms with Gasteiger partial charge in [0, 0.05) is 11.1 Å². The third-order valence-electron chi connectivity index (χ3n) is 1.36. The molecule has 1 aromatic rings. The average molecular weight is 178 g/mol. The first-order valence-corrected chi connectivity index (χ1v) is 4.43. The van der Waals surface area contributed by atoms with E-state index in [2.05, 4.69) is 4.98 Å². The highest BCUT2D eigenvalue weighted by Gasteiger charge is 2.02. The summed E-state index contributed by atoms with van der Waals surface area (Å²) < 4.78 is 0. The third kappa shape index (κ3) is 1.63. The fourth-order valence-electron chi connectivity index (χ4n) is 0.751. The zero-order valence-corrected chi connectivity index (χ0v) is 7.26. The highest BCUT2D eigenvalue weighted by molar-refractivity contribution is 7.98. The first-order valence-electron chi connectivity index (χ1n) is 3.21. The Balaban J connectivity index is 3.22. The van der Waals surface area contributed by atoms with Crippen molar-refractivity contribution in [2.45, 2.75) is 4.90 Å². The quantitative estimate of drug-likeness (QED) is 0.508. The van der Waals surface area contributed by atoms with Gasteiger partial charge in [0.05, 0.1) is 5.56 Å². The Labute approximate surface area is 74.4 Å². The topological polar surface area (TPSA) is 53.8 Å². The monoisotopic (exact) mass is 178 g/mol. The summed E-state index contributed by atoms with van der Waals surface area (Å²) in [5.74, 6) is 0. The Morgan fingerprint density at radius 2 is 2.50 bits per heavy atom. The number of thioether (sulfide) groups is 1. The molecular weight excluding hydrogens is 172 g/mol. The van der Waals surface area contributed by atoms with Gasteiger partial charge in [-0.3, -0.25) is 9.78 Å². The lowest BCUT2D eigenvalue weighted by Crippen LogP contribution is -1.92. The Kier molecular flexibility index (Phi) is 2.83. The summed E-state index contributed by atoms with van der Waals surface area (Å²) in [4.78, 5) is 15.1. The molecular formula is C8H6N2OS. The number of hydrogen-bond acceptors (Lipinski definition) is 4. The number of aromatic nitrogens is 1. The highest BCUT2D eigenvalue weighted by Crippen LogP contribution is 2.15. The highest BCUT2D eigenvalue weighted by atomic mass is 32.2. The Morgan fingerprint density at radius 1 is 1.75 bits per heavy atom. The molecule has 0 fully saturated rings. The number of aldehydes is 1. The van der Waals surface area contributed by atoms with Gasteiger partial charge in [-0.15, -0.1) is 11.8 Å². The minimum atomic E-state index is 0.204. The Bertz CT molecular complexity index is 343. The zero-order valence-electron chi connectivity index (χ0n) is 6.44. The molecule has 0 saturated carbocycles. The maximum absolute atomic E-state index is 10.4. The van der Waals surface area contributed by atoms with Gasteiger partial charge in [0.2, 0.25) is 0 Å². The van der Waals surface area contributed by atoms with Crippen molar-refractivity contribution in [2.24, 2.45) is 0 Å². The van der Waals surface area contributed by atoms with Crippen molar-refractivity contribution in [1.29, 1.82) is 5.26 Å². The van der Waals surface area contributed by atoms with E-state index in [1.165, 1.54) is 11.8 Å². The average Bonchev–Trinajstić information content (AvgIpc) is 2.16. The lowest BCUT2D eigenvalue weighted by atomic mass is 10.2. The van der Waals surface area contributed by atoms with Crippen LogP contribution in [0, 0.1) is 11.3 Å². The molecule has 0 aliphatic heterocycles. The summed E-state index contributed by atoms with van der Waals surface area (Å²) in [6.07, 6.45) is 4.05. The predicted molar refractivity (Wildman–Crippen MR) is 46.1 cm³/mol. The van der Waals surface area contributed by atoms with Gasteiger partial charge in [0.25, 0.3) is 0 Å². The normalized spacial score (nSPS) is 9.00. The van der Waals surface area contributed by atoms with Crippen LogP contribution in [0.15, 0.2) is 17.2 Å². The van der Waals surface area contributed by atoms with Gasteiger partial charge in [-0.05, 0) is 12.3 Å². The second-order valence-electron chi connectivity index (χ2n) is 2.04. The van der Waals surface area contributed by atoms with Gasteiger partial charge in [-0.1, -0.05) is 0 Å². The molecule has 0 aromatic carbocycles. The van der Waals surface area contributed by atoms with Gasteiger partial charge >= 0.3 is 0 Å². The van der Waals surface area contributed by atoms with Crippen LogP contribution in [0.4, 0.5) is 0 Å². The second-order valence-corrected chi connectivity index (χ2v) is 2.92.